The Hall–Kier alpha value is -0.520. The Labute approximate surface area is 74.2 Å². The van der Waals surface area contributed by atoms with Crippen LogP contribution in [0.4, 0.5) is 0 Å². The van der Waals surface area contributed by atoms with Crippen LogP contribution in [-0.4, -0.2) is 19.5 Å². The average Bonchev–Trinajstić information content (AvgIpc) is 2.17. The first kappa shape index (κ1) is 9.57. The number of rotatable bonds is 2. The third kappa shape index (κ3) is 2.23. The average molecular weight is 168 g/mol. The van der Waals surface area contributed by atoms with Gasteiger partial charge in [0.05, 0.1) is 13.2 Å². The Morgan fingerprint density at radius 2 is 2.08 bits per heavy atom. The van der Waals surface area contributed by atoms with Gasteiger partial charge in [0.2, 0.25) is 6.29 Å². The molecule has 2 nitrogen and oxygen atoms in total. The Bertz CT molecular complexity index is 163. The fourth-order valence-corrected chi connectivity index (χ4v) is 1.28. The predicted molar refractivity (Wildman–Crippen MR) is 47.5 cm³/mol. The molecule has 0 N–H and O–H groups in total. The minimum absolute atomic E-state index is 0.412. The first-order valence-electron chi connectivity index (χ1n) is 4.47. The first-order chi connectivity index (χ1) is 5.77. The first-order valence-corrected chi connectivity index (χ1v) is 4.47. The lowest BCUT2D eigenvalue weighted by atomic mass is 9.93. The Morgan fingerprint density at radius 1 is 1.50 bits per heavy atom. The molecule has 1 fully saturated rings. The molecular weight excluding hydrogens is 152 g/mol. The highest BCUT2D eigenvalue weighted by molar-refractivity contribution is 4.90. The third-order valence-corrected chi connectivity index (χ3v) is 2.51. The molecule has 12 heavy (non-hydrogen) atoms. The van der Waals surface area contributed by atoms with Crippen LogP contribution in [0.15, 0.2) is 0 Å². The lowest BCUT2D eigenvalue weighted by molar-refractivity contribution is -0.177. The molecule has 1 saturated heterocycles. The maximum absolute atomic E-state index is 5.30. The molecular formula is C10H16O2. The fraction of sp³-hybridized carbons (Fsp3) is 0.800. The van der Waals surface area contributed by atoms with Crippen molar-refractivity contribution in [2.75, 3.05) is 13.2 Å². The van der Waals surface area contributed by atoms with Gasteiger partial charge < -0.3 is 9.47 Å². The lowest BCUT2D eigenvalue weighted by Crippen LogP contribution is -2.34. The van der Waals surface area contributed by atoms with Gasteiger partial charge in [0.25, 0.3) is 0 Å². The molecule has 0 unspecified atom stereocenters. The second-order valence-corrected chi connectivity index (χ2v) is 3.31. The van der Waals surface area contributed by atoms with Gasteiger partial charge in [-0.2, -0.15) is 0 Å². The van der Waals surface area contributed by atoms with Crippen molar-refractivity contribution in [3.63, 3.8) is 0 Å². The Kier molecular flexibility index (Phi) is 3.58. The van der Waals surface area contributed by atoms with Crippen molar-refractivity contribution in [3.8, 4) is 12.3 Å². The largest absolute Gasteiger partial charge is 0.342 e. The zero-order valence-electron chi connectivity index (χ0n) is 7.75. The van der Waals surface area contributed by atoms with Gasteiger partial charge in [0.1, 0.15) is 0 Å². The van der Waals surface area contributed by atoms with Crippen LogP contribution in [0.2, 0.25) is 0 Å². The van der Waals surface area contributed by atoms with E-state index in [0.717, 1.165) is 19.6 Å². The summed E-state index contributed by atoms with van der Waals surface area (Å²) in [6, 6.07) is 0. The van der Waals surface area contributed by atoms with Crippen LogP contribution in [0.5, 0.6) is 0 Å². The van der Waals surface area contributed by atoms with Gasteiger partial charge in [0.15, 0.2) is 0 Å². The fourth-order valence-electron chi connectivity index (χ4n) is 1.28. The molecule has 0 aromatic heterocycles. The van der Waals surface area contributed by atoms with E-state index in [9.17, 15) is 0 Å². The van der Waals surface area contributed by atoms with Crippen LogP contribution >= 0.6 is 0 Å². The van der Waals surface area contributed by atoms with Crippen molar-refractivity contribution in [2.24, 2.45) is 11.8 Å². The molecule has 1 atom stereocenters. The van der Waals surface area contributed by atoms with Crippen LogP contribution in [0, 0.1) is 24.2 Å². The monoisotopic (exact) mass is 168 g/mol. The van der Waals surface area contributed by atoms with Crippen LogP contribution in [0.3, 0.4) is 0 Å². The Morgan fingerprint density at radius 3 is 2.50 bits per heavy atom. The highest BCUT2D eigenvalue weighted by Crippen LogP contribution is 2.20. The minimum atomic E-state index is -0.412. The summed E-state index contributed by atoms with van der Waals surface area (Å²) < 4.78 is 10.6. The summed E-state index contributed by atoms with van der Waals surface area (Å²) in [6.45, 7) is 5.87. The minimum Gasteiger partial charge on any atom is -0.342 e. The van der Waals surface area contributed by atoms with Crippen LogP contribution < -0.4 is 0 Å². The second kappa shape index (κ2) is 4.49. The van der Waals surface area contributed by atoms with E-state index < -0.39 is 6.29 Å². The molecule has 0 saturated carbocycles. The highest BCUT2D eigenvalue weighted by Gasteiger charge is 2.24. The van der Waals surface area contributed by atoms with Gasteiger partial charge >= 0.3 is 0 Å². The van der Waals surface area contributed by atoms with Crippen molar-refractivity contribution in [1.29, 1.82) is 0 Å². The van der Waals surface area contributed by atoms with E-state index in [0.29, 0.717) is 11.8 Å². The van der Waals surface area contributed by atoms with Crippen molar-refractivity contribution < 1.29 is 9.47 Å². The highest BCUT2D eigenvalue weighted by atomic mass is 16.7. The van der Waals surface area contributed by atoms with Gasteiger partial charge in [-0.15, -0.1) is 6.42 Å². The molecule has 0 bridgehead atoms. The molecule has 1 aliphatic rings. The summed E-state index contributed by atoms with van der Waals surface area (Å²) in [4.78, 5) is 0. The van der Waals surface area contributed by atoms with E-state index in [2.05, 4.69) is 19.8 Å². The molecule has 0 aliphatic carbocycles. The van der Waals surface area contributed by atoms with Crippen molar-refractivity contribution in [2.45, 2.75) is 26.6 Å². The van der Waals surface area contributed by atoms with E-state index in [1.165, 1.54) is 0 Å². The predicted octanol–water partition coefficient (Wildman–Crippen LogP) is 1.65. The van der Waals surface area contributed by atoms with E-state index >= 15 is 0 Å². The smallest absolute Gasteiger partial charge is 0.222 e. The number of ether oxygens (including phenoxy) is 2. The zero-order chi connectivity index (χ0) is 8.97. The topological polar surface area (TPSA) is 18.5 Å². The second-order valence-electron chi connectivity index (χ2n) is 3.31. The summed E-state index contributed by atoms with van der Waals surface area (Å²) >= 11 is 0. The molecule has 0 aromatic carbocycles. The molecule has 1 heterocycles. The van der Waals surface area contributed by atoms with Crippen LogP contribution in [0.1, 0.15) is 20.3 Å². The van der Waals surface area contributed by atoms with E-state index in [-0.39, 0.29) is 0 Å². The molecule has 68 valence electrons. The van der Waals surface area contributed by atoms with Crippen molar-refractivity contribution in [1.82, 2.24) is 0 Å². The normalized spacial score (nSPS) is 32.4. The maximum Gasteiger partial charge on any atom is 0.222 e. The summed E-state index contributed by atoms with van der Waals surface area (Å²) in [6.07, 6.45) is 5.91. The summed E-state index contributed by atoms with van der Waals surface area (Å²) in [7, 11) is 0. The number of hydrogen-bond acceptors (Lipinski definition) is 2. The number of terminal acetylenes is 1. The molecule has 0 radical (unpaired) electrons. The molecule has 1 aliphatic heterocycles. The van der Waals surface area contributed by atoms with Crippen LogP contribution in [0.25, 0.3) is 0 Å². The third-order valence-electron chi connectivity index (χ3n) is 2.51. The van der Waals surface area contributed by atoms with Crippen molar-refractivity contribution in [3.05, 3.63) is 0 Å². The molecule has 2 heteroatoms. The summed E-state index contributed by atoms with van der Waals surface area (Å²) in [5.41, 5.74) is 0. The van der Waals surface area contributed by atoms with E-state index in [1.54, 1.807) is 0 Å². The van der Waals surface area contributed by atoms with Gasteiger partial charge in [-0.1, -0.05) is 20.3 Å². The number of hydrogen-bond donors (Lipinski definition) is 0. The Balaban J connectivity index is 2.31. The molecule has 0 spiro atoms. The molecule has 1 rings (SSSR count). The van der Waals surface area contributed by atoms with E-state index in [4.69, 9.17) is 15.9 Å². The molecule has 0 aromatic rings. The maximum atomic E-state index is 5.30. The van der Waals surface area contributed by atoms with Gasteiger partial charge in [-0.25, -0.2) is 0 Å². The van der Waals surface area contributed by atoms with E-state index in [1.807, 2.05) is 0 Å². The molecule has 0 amide bonds. The summed E-state index contributed by atoms with van der Waals surface area (Å²) in [5, 5.41) is 0. The van der Waals surface area contributed by atoms with Gasteiger partial charge in [-0.05, 0) is 11.8 Å². The van der Waals surface area contributed by atoms with Crippen LogP contribution in [-0.2, 0) is 9.47 Å². The summed E-state index contributed by atoms with van der Waals surface area (Å²) in [5.74, 6) is 3.61. The lowest BCUT2D eigenvalue weighted by Gasteiger charge is -2.30. The SMILES string of the molecule is C#CC1OCC([C@@H](C)CC)CO1. The standard InChI is InChI=1S/C10H16O2/c1-4-8(3)9-6-11-10(5-2)12-7-9/h2,8-10H,4,6-7H2,1,3H3/t8-,9?,10?/m0/s1. The quantitative estimate of drug-likeness (QED) is 0.584. The van der Waals surface area contributed by atoms with Gasteiger partial charge in [-0.3, -0.25) is 0 Å². The van der Waals surface area contributed by atoms with Crippen molar-refractivity contribution >= 4 is 0 Å². The van der Waals surface area contributed by atoms with Gasteiger partial charge in [0, 0.05) is 5.92 Å². The zero-order valence-corrected chi connectivity index (χ0v) is 7.75.